The van der Waals surface area contributed by atoms with Gasteiger partial charge in [-0.3, -0.25) is 4.79 Å². The van der Waals surface area contributed by atoms with Crippen LogP contribution in [0.1, 0.15) is 12.8 Å². The third-order valence-corrected chi connectivity index (χ3v) is 2.21. The Morgan fingerprint density at radius 3 is 2.67 bits per heavy atom. The van der Waals surface area contributed by atoms with E-state index in [0.717, 1.165) is 25.9 Å². The van der Waals surface area contributed by atoms with Crippen molar-refractivity contribution in [2.75, 3.05) is 26.2 Å². The van der Waals surface area contributed by atoms with Crippen LogP contribution in [-0.2, 0) is 4.79 Å². The van der Waals surface area contributed by atoms with Crippen LogP contribution in [-0.4, -0.2) is 48.7 Å². The topological polar surface area (TPSA) is 52.6 Å². The van der Waals surface area contributed by atoms with Gasteiger partial charge in [-0.05, 0) is 25.9 Å². The molecule has 1 rings (SSSR count). The zero-order valence-corrected chi connectivity index (χ0v) is 7.12. The van der Waals surface area contributed by atoms with Gasteiger partial charge in [0.15, 0.2) is 0 Å². The lowest BCUT2D eigenvalue weighted by molar-refractivity contribution is 0.190. The van der Waals surface area contributed by atoms with E-state index in [1.165, 1.54) is 0 Å². The summed E-state index contributed by atoms with van der Waals surface area (Å²) >= 11 is 0. The number of nitrogens with one attached hydrogen (secondary N) is 1. The third-order valence-electron chi connectivity index (χ3n) is 2.21. The molecule has 1 radical (unpaired) electrons. The average molecular weight is 171 g/mol. The van der Waals surface area contributed by atoms with E-state index in [1.54, 1.807) is 4.90 Å². The van der Waals surface area contributed by atoms with Gasteiger partial charge in [-0.1, -0.05) is 0 Å². The summed E-state index contributed by atoms with van der Waals surface area (Å²) < 4.78 is 0. The predicted molar refractivity (Wildman–Crippen MR) is 45.4 cm³/mol. The lowest BCUT2D eigenvalue weighted by Crippen LogP contribution is -2.43. The van der Waals surface area contributed by atoms with E-state index in [1.807, 2.05) is 6.41 Å². The molecule has 0 aromatic heterocycles. The van der Waals surface area contributed by atoms with Crippen LogP contribution in [0.25, 0.3) is 0 Å². The first-order valence-electron chi connectivity index (χ1n) is 4.34. The molecule has 0 bridgehead atoms. The first kappa shape index (κ1) is 9.48. The normalized spacial score (nSPS) is 19.1. The van der Waals surface area contributed by atoms with Crippen LogP contribution >= 0.6 is 0 Å². The smallest absolute Gasteiger partial charge is 0.312 e. The summed E-state index contributed by atoms with van der Waals surface area (Å²) in [6.45, 7) is 2.34. The lowest BCUT2D eigenvalue weighted by Gasteiger charge is -2.30. The Bertz CT molecular complexity index is 135. The number of carbonyl (C=O) groups excluding carboxylic acids is 1. The second kappa shape index (κ2) is 5.11. The Hall–Kier alpha value is -0.610. The molecule has 0 unspecified atom stereocenters. The first-order valence-corrected chi connectivity index (χ1v) is 4.34. The van der Waals surface area contributed by atoms with Crippen LogP contribution in [0.4, 0.5) is 0 Å². The molecule has 12 heavy (non-hydrogen) atoms. The van der Waals surface area contributed by atoms with Gasteiger partial charge >= 0.3 is 6.41 Å². The van der Waals surface area contributed by atoms with Crippen molar-refractivity contribution in [3.8, 4) is 0 Å². The van der Waals surface area contributed by atoms with Crippen molar-refractivity contribution in [1.29, 1.82) is 0 Å². The standard InChI is InChI=1S/C8H15N2O2/c11-6-5-10(7-12)8-1-3-9-4-2-8/h8-9,11H,1-6H2. The molecule has 1 fully saturated rings. The maximum Gasteiger partial charge on any atom is 0.312 e. The van der Waals surface area contributed by atoms with E-state index in [-0.39, 0.29) is 12.6 Å². The van der Waals surface area contributed by atoms with Gasteiger partial charge < -0.3 is 15.3 Å². The van der Waals surface area contributed by atoms with Gasteiger partial charge in [-0.25, -0.2) is 0 Å². The summed E-state index contributed by atoms with van der Waals surface area (Å²) in [7, 11) is 0. The molecule has 1 aliphatic rings. The molecule has 0 spiro atoms. The summed E-state index contributed by atoms with van der Waals surface area (Å²) in [5.74, 6) is 0. The van der Waals surface area contributed by atoms with Gasteiger partial charge in [-0.2, -0.15) is 0 Å². The largest absolute Gasteiger partial charge is 0.395 e. The van der Waals surface area contributed by atoms with Gasteiger partial charge in [0, 0.05) is 12.6 Å². The number of nitrogens with zero attached hydrogens (tertiary/aromatic N) is 1. The van der Waals surface area contributed by atoms with Gasteiger partial charge in [0.25, 0.3) is 0 Å². The molecule has 0 saturated carbocycles. The number of aliphatic hydroxyl groups is 1. The average Bonchev–Trinajstić information content (AvgIpc) is 2.15. The minimum absolute atomic E-state index is 0.0270. The number of rotatable bonds is 4. The number of hydrogen-bond acceptors (Lipinski definition) is 3. The summed E-state index contributed by atoms with van der Waals surface area (Å²) in [5, 5.41) is 11.9. The fourth-order valence-electron chi connectivity index (χ4n) is 1.53. The van der Waals surface area contributed by atoms with Crippen LogP contribution in [0.5, 0.6) is 0 Å². The maximum atomic E-state index is 10.5. The molecule has 0 aromatic rings. The lowest BCUT2D eigenvalue weighted by atomic mass is 10.1. The van der Waals surface area contributed by atoms with Gasteiger partial charge in [0.2, 0.25) is 0 Å². The van der Waals surface area contributed by atoms with Gasteiger partial charge in [0.05, 0.1) is 6.61 Å². The van der Waals surface area contributed by atoms with E-state index in [2.05, 4.69) is 5.32 Å². The molecule has 1 amide bonds. The van der Waals surface area contributed by atoms with Gasteiger partial charge in [-0.15, -0.1) is 0 Å². The Morgan fingerprint density at radius 2 is 2.17 bits per heavy atom. The predicted octanol–water partition coefficient (Wildman–Crippen LogP) is -0.900. The second-order valence-electron chi connectivity index (χ2n) is 2.99. The molecule has 2 N–H and O–H groups in total. The van der Waals surface area contributed by atoms with E-state index >= 15 is 0 Å². The SMILES string of the molecule is O=[C]N(CCO)C1CCNCC1. The molecular formula is C8H15N2O2. The highest BCUT2D eigenvalue weighted by Crippen LogP contribution is 2.08. The van der Waals surface area contributed by atoms with Crippen LogP contribution in [0, 0.1) is 0 Å². The van der Waals surface area contributed by atoms with Crippen molar-refractivity contribution in [2.24, 2.45) is 0 Å². The minimum Gasteiger partial charge on any atom is -0.395 e. The fourth-order valence-corrected chi connectivity index (χ4v) is 1.53. The molecule has 1 saturated heterocycles. The monoisotopic (exact) mass is 171 g/mol. The Balaban J connectivity index is 2.34. The van der Waals surface area contributed by atoms with Crippen molar-refractivity contribution >= 4 is 6.41 Å². The van der Waals surface area contributed by atoms with E-state index in [0.29, 0.717) is 6.54 Å². The number of piperidine rings is 1. The maximum absolute atomic E-state index is 10.5. The summed E-state index contributed by atoms with van der Waals surface area (Å²) in [6.07, 6.45) is 3.80. The summed E-state index contributed by atoms with van der Waals surface area (Å²) in [4.78, 5) is 12.0. The van der Waals surface area contributed by atoms with Crippen molar-refractivity contribution < 1.29 is 9.90 Å². The highest BCUT2D eigenvalue weighted by molar-refractivity contribution is 5.48. The van der Waals surface area contributed by atoms with E-state index < -0.39 is 0 Å². The summed E-state index contributed by atoms with van der Waals surface area (Å²) in [5.41, 5.74) is 0. The Kier molecular flexibility index (Phi) is 4.04. The Labute approximate surface area is 72.6 Å². The van der Waals surface area contributed by atoms with Crippen molar-refractivity contribution in [2.45, 2.75) is 18.9 Å². The zero-order valence-electron chi connectivity index (χ0n) is 7.12. The van der Waals surface area contributed by atoms with Crippen molar-refractivity contribution in [3.05, 3.63) is 0 Å². The quantitative estimate of drug-likeness (QED) is 0.539. The van der Waals surface area contributed by atoms with Crippen molar-refractivity contribution in [1.82, 2.24) is 10.2 Å². The number of hydrogen-bond donors (Lipinski definition) is 2. The Morgan fingerprint density at radius 1 is 1.50 bits per heavy atom. The molecule has 4 nitrogen and oxygen atoms in total. The van der Waals surface area contributed by atoms with Crippen molar-refractivity contribution in [3.63, 3.8) is 0 Å². The third kappa shape index (κ3) is 2.46. The zero-order chi connectivity index (χ0) is 8.81. The molecular weight excluding hydrogens is 156 g/mol. The van der Waals surface area contributed by atoms with Crippen LogP contribution in [0.3, 0.4) is 0 Å². The van der Waals surface area contributed by atoms with Crippen LogP contribution < -0.4 is 5.32 Å². The van der Waals surface area contributed by atoms with E-state index in [9.17, 15) is 4.79 Å². The fraction of sp³-hybridized carbons (Fsp3) is 0.875. The highest BCUT2D eigenvalue weighted by Gasteiger charge is 2.19. The molecule has 0 aromatic carbocycles. The molecule has 69 valence electrons. The highest BCUT2D eigenvalue weighted by atomic mass is 16.3. The number of aliphatic hydroxyl groups excluding tert-OH is 1. The molecule has 1 aliphatic heterocycles. The molecule has 0 aliphatic carbocycles. The minimum atomic E-state index is 0.0270. The molecule has 4 heteroatoms. The number of amides is 1. The van der Waals surface area contributed by atoms with E-state index in [4.69, 9.17) is 5.11 Å². The van der Waals surface area contributed by atoms with Crippen LogP contribution in [0.2, 0.25) is 0 Å². The summed E-state index contributed by atoms with van der Waals surface area (Å²) in [6, 6.07) is 0.274. The van der Waals surface area contributed by atoms with Crippen LogP contribution in [0.15, 0.2) is 0 Å². The van der Waals surface area contributed by atoms with Gasteiger partial charge in [0.1, 0.15) is 0 Å². The second-order valence-corrected chi connectivity index (χ2v) is 2.99. The first-order chi connectivity index (χ1) is 5.88. The molecule has 1 heterocycles. The molecule has 0 atom stereocenters.